The molecule has 1 aliphatic heterocycles. The summed E-state index contributed by atoms with van der Waals surface area (Å²) in [6.45, 7) is 4.77. The molecule has 1 saturated heterocycles. The summed E-state index contributed by atoms with van der Waals surface area (Å²) in [5.74, 6) is 0.873. The third kappa shape index (κ3) is 5.51. The number of hydrogen-bond donors (Lipinski definition) is 3. The van der Waals surface area contributed by atoms with Gasteiger partial charge < -0.3 is 20.4 Å². The zero-order valence-corrected chi connectivity index (χ0v) is 15.5. The smallest absolute Gasteiger partial charge is 0.255 e. The molecule has 26 heavy (non-hydrogen) atoms. The van der Waals surface area contributed by atoms with Crippen molar-refractivity contribution in [3.05, 3.63) is 23.9 Å². The average molecular weight is 363 g/mol. The lowest BCUT2D eigenvalue weighted by Crippen LogP contribution is -2.42. The van der Waals surface area contributed by atoms with Crippen molar-refractivity contribution < 1.29 is 19.8 Å². The molecule has 1 unspecified atom stereocenters. The van der Waals surface area contributed by atoms with E-state index in [1.807, 2.05) is 13.8 Å². The minimum absolute atomic E-state index is 0.0705. The molecule has 2 rings (SSSR count). The molecule has 7 nitrogen and oxygen atoms in total. The first-order valence-corrected chi connectivity index (χ1v) is 9.20. The van der Waals surface area contributed by atoms with Gasteiger partial charge in [0.15, 0.2) is 0 Å². The zero-order chi connectivity index (χ0) is 19.1. The molecule has 0 bridgehead atoms. The molecule has 1 amide bonds. The third-order valence-electron chi connectivity index (χ3n) is 4.58. The largest absolute Gasteiger partial charge is 0.394 e. The van der Waals surface area contributed by atoms with E-state index in [1.54, 1.807) is 17.0 Å². The van der Waals surface area contributed by atoms with Gasteiger partial charge in [0, 0.05) is 31.6 Å². The molecule has 0 radical (unpaired) electrons. The maximum absolute atomic E-state index is 12.7. The second kappa shape index (κ2) is 9.64. The monoisotopic (exact) mass is 363 g/mol. The van der Waals surface area contributed by atoms with Gasteiger partial charge in [-0.25, -0.2) is 4.98 Å². The minimum Gasteiger partial charge on any atom is -0.394 e. The van der Waals surface area contributed by atoms with E-state index in [-0.39, 0.29) is 30.8 Å². The maximum atomic E-state index is 12.7. The van der Waals surface area contributed by atoms with Gasteiger partial charge >= 0.3 is 0 Å². The van der Waals surface area contributed by atoms with Crippen molar-refractivity contribution in [3.63, 3.8) is 0 Å². The molecule has 1 aromatic heterocycles. The van der Waals surface area contributed by atoms with Crippen LogP contribution < -0.4 is 5.32 Å². The van der Waals surface area contributed by atoms with Crippen LogP contribution in [0.15, 0.2) is 18.3 Å². The van der Waals surface area contributed by atoms with Crippen molar-refractivity contribution in [2.45, 2.75) is 39.2 Å². The second-order valence-electron chi connectivity index (χ2n) is 7.29. The molecule has 2 heterocycles. The molecule has 3 N–H and O–H groups in total. The van der Waals surface area contributed by atoms with E-state index in [1.165, 1.54) is 6.20 Å². The Kier molecular flexibility index (Phi) is 7.53. The van der Waals surface area contributed by atoms with Gasteiger partial charge in [0.25, 0.3) is 5.91 Å². The number of carbonyl (C=O) groups is 2. The molecular weight excluding hydrogens is 334 g/mol. The lowest BCUT2D eigenvalue weighted by atomic mass is 9.89. The molecule has 144 valence electrons. The Morgan fingerprint density at radius 2 is 2.04 bits per heavy atom. The number of Topliss-reactive ketones (excluding diaryl/α,β-unsaturated/α-hetero) is 1. The van der Waals surface area contributed by atoms with Gasteiger partial charge in [-0.15, -0.1) is 0 Å². The van der Waals surface area contributed by atoms with Crippen molar-refractivity contribution in [1.82, 2.24) is 9.88 Å². The van der Waals surface area contributed by atoms with Gasteiger partial charge in [0.05, 0.1) is 24.8 Å². The van der Waals surface area contributed by atoms with E-state index in [4.69, 9.17) is 10.2 Å². The normalized spacial score (nSPS) is 17.6. The number of rotatable bonds is 8. The molecule has 0 aromatic carbocycles. The second-order valence-corrected chi connectivity index (χ2v) is 7.29. The Bertz CT molecular complexity index is 599. The molecule has 7 heteroatoms. The summed E-state index contributed by atoms with van der Waals surface area (Å²) in [4.78, 5) is 30.9. The summed E-state index contributed by atoms with van der Waals surface area (Å²) in [5, 5.41) is 21.1. The zero-order valence-electron chi connectivity index (χ0n) is 15.5. The first-order valence-electron chi connectivity index (χ1n) is 9.20. The Labute approximate surface area is 154 Å². The number of pyridine rings is 1. The van der Waals surface area contributed by atoms with Gasteiger partial charge in [0.2, 0.25) is 0 Å². The van der Waals surface area contributed by atoms with Crippen molar-refractivity contribution in [1.29, 1.82) is 0 Å². The van der Waals surface area contributed by atoms with Gasteiger partial charge in [0.1, 0.15) is 11.6 Å². The van der Waals surface area contributed by atoms with Gasteiger partial charge in [-0.05, 0) is 30.9 Å². The fraction of sp³-hybridized carbons (Fsp3) is 0.632. The topological polar surface area (TPSA) is 103 Å². The van der Waals surface area contributed by atoms with Crippen molar-refractivity contribution in [2.24, 2.45) is 11.8 Å². The fourth-order valence-corrected chi connectivity index (χ4v) is 3.14. The summed E-state index contributed by atoms with van der Waals surface area (Å²) in [6.07, 6.45) is 3.73. The standard InChI is InChI=1S/C19H29N3O4/c1-13(2)8-17(25)15-4-3-7-22(10-15)19(26)14-5-6-18(20-9-14)21-16(11-23)12-24/h5-6,9,13,15-16,23-24H,3-4,7-8,10-12H2,1-2H3,(H,20,21). The van der Waals surface area contributed by atoms with Crippen LogP contribution in [0.3, 0.4) is 0 Å². The number of aliphatic hydroxyl groups is 2. The summed E-state index contributed by atoms with van der Waals surface area (Å²) >= 11 is 0. The number of carbonyl (C=O) groups excluding carboxylic acids is 2. The summed E-state index contributed by atoms with van der Waals surface area (Å²) in [6, 6.07) is 2.83. The van der Waals surface area contributed by atoms with Crippen LogP contribution >= 0.6 is 0 Å². The summed E-state index contributed by atoms with van der Waals surface area (Å²) in [5.41, 5.74) is 0.469. The van der Waals surface area contributed by atoms with Crippen LogP contribution in [0.2, 0.25) is 0 Å². The molecule has 1 aliphatic rings. The third-order valence-corrected chi connectivity index (χ3v) is 4.58. The SMILES string of the molecule is CC(C)CC(=O)C1CCCN(C(=O)c2ccc(NC(CO)CO)nc2)C1. The highest BCUT2D eigenvalue weighted by Crippen LogP contribution is 2.22. The highest BCUT2D eigenvalue weighted by molar-refractivity contribution is 5.94. The van der Waals surface area contributed by atoms with E-state index in [2.05, 4.69) is 10.3 Å². The number of anilines is 1. The van der Waals surface area contributed by atoms with Crippen LogP contribution in [-0.4, -0.2) is 64.1 Å². The predicted octanol–water partition coefficient (Wildman–Crippen LogP) is 1.31. The van der Waals surface area contributed by atoms with E-state index >= 15 is 0 Å². The predicted molar refractivity (Wildman–Crippen MR) is 98.9 cm³/mol. The Morgan fingerprint density at radius 1 is 1.31 bits per heavy atom. The van der Waals surface area contributed by atoms with Crippen molar-refractivity contribution in [3.8, 4) is 0 Å². The van der Waals surface area contributed by atoms with Crippen LogP contribution in [0.5, 0.6) is 0 Å². The number of piperidine rings is 1. The Hall–Kier alpha value is -1.99. The van der Waals surface area contributed by atoms with Crippen molar-refractivity contribution >= 4 is 17.5 Å². The number of likely N-dealkylation sites (tertiary alicyclic amines) is 1. The van der Waals surface area contributed by atoms with Gasteiger partial charge in [-0.3, -0.25) is 9.59 Å². The number of aromatic nitrogens is 1. The van der Waals surface area contributed by atoms with Gasteiger partial charge in [-0.2, -0.15) is 0 Å². The van der Waals surface area contributed by atoms with Gasteiger partial charge in [-0.1, -0.05) is 13.8 Å². The Morgan fingerprint density at radius 3 is 2.62 bits per heavy atom. The highest BCUT2D eigenvalue weighted by atomic mass is 16.3. The van der Waals surface area contributed by atoms with Crippen LogP contribution in [0.25, 0.3) is 0 Å². The Balaban J connectivity index is 1.98. The lowest BCUT2D eigenvalue weighted by molar-refractivity contribution is -0.124. The van der Waals surface area contributed by atoms with Crippen LogP contribution in [0, 0.1) is 11.8 Å². The van der Waals surface area contributed by atoms with Crippen molar-refractivity contribution in [2.75, 3.05) is 31.6 Å². The minimum atomic E-state index is -0.487. The summed E-state index contributed by atoms with van der Waals surface area (Å²) in [7, 11) is 0. The number of aliphatic hydroxyl groups excluding tert-OH is 2. The maximum Gasteiger partial charge on any atom is 0.255 e. The molecule has 1 aromatic rings. The molecule has 0 spiro atoms. The average Bonchev–Trinajstić information content (AvgIpc) is 2.65. The number of nitrogens with one attached hydrogen (secondary N) is 1. The van der Waals surface area contributed by atoms with E-state index in [9.17, 15) is 9.59 Å². The quantitative estimate of drug-likeness (QED) is 0.644. The molecule has 0 saturated carbocycles. The van der Waals surface area contributed by atoms with E-state index in [0.29, 0.717) is 36.8 Å². The number of nitrogens with zero attached hydrogens (tertiary/aromatic N) is 2. The number of ketones is 1. The first-order chi connectivity index (χ1) is 12.4. The fourth-order valence-electron chi connectivity index (χ4n) is 3.14. The molecule has 0 aliphatic carbocycles. The van der Waals surface area contributed by atoms with E-state index < -0.39 is 6.04 Å². The number of amides is 1. The summed E-state index contributed by atoms with van der Waals surface area (Å²) < 4.78 is 0. The number of hydrogen-bond acceptors (Lipinski definition) is 6. The van der Waals surface area contributed by atoms with E-state index in [0.717, 1.165) is 12.8 Å². The highest BCUT2D eigenvalue weighted by Gasteiger charge is 2.29. The molecule has 1 atom stereocenters. The van der Waals surface area contributed by atoms with Crippen LogP contribution in [0.1, 0.15) is 43.5 Å². The molecule has 1 fully saturated rings. The lowest BCUT2D eigenvalue weighted by Gasteiger charge is -2.32. The van der Waals surface area contributed by atoms with Crippen LogP contribution in [-0.2, 0) is 4.79 Å². The molecular formula is C19H29N3O4. The first kappa shape index (κ1) is 20.3. The van der Waals surface area contributed by atoms with Crippen LogP contribution in [0.4, 0.5) is 5.82 Å².